The van der Waals surface area contributed by atoms with E-state index in [-0.39, 0.29) is 23.5 Å². The van der Waals surface area contributed by atoms with Crippen molar-refractivity contribution < 1.29 is 14.6 Å². The van der Waals surface area contributed by atoms with Crippen LogP contribution in [0.1, 0.15) is 32.3 Å². The predicted octanol–water partition coefficient (Wildman–Crippen LogP) is 3.76. The van der Waals surface area contributed by atoms with E-state index < -0.39 is 0 Å². The van der Waals surface area contributed by atoms with Crippen molar-refractivity contribution in [1.82, 2.24) is 24.3 Å². The van der Waals surface area contributed by atoms with Crippen LogP contribution in [0, 0.1) is 5.41 Å². The van der Waals surface area contributed by atoms with Gasteiger partial charge in [0.2, 0.25) is 0 Å². The standard InChI is InChI=1S/C37H48N8O4/c1-26-20-32-36(48)45(17-16-44(32)11-9-37(2,3)22-26)34-30(25-46)29(8-10-38-34)27-21-31(35(47)41(4)24-27)40-33-7-6-28(23-39-33)43-14-12-42(13-15-43)18-19-49-5/h6-8,10,20-21,23-24,46H,1,9,11-19,22,25H2,2-5H3,(H,39,40)/b32-20-. The number of aliphatic hydroxyl groups is 1. The summed E-state index contributed by atoms with van der Waals surface area (Å²) in [5, 5.41) is 13.9. The largest absolute Gasteiger partial charge is 0.392 e. The molecule has 3 aliphatic heterocycles. The van der Waals surface area contributed by atoms with E-state index in [9.17, 15) is 14.7 Å². The van der Waals surface area contributed by atoms with Gasteiger partial charge < -0.3 is 29.5 Å². The van der Waals surface area contributed by atoms with E-state index in [1.807, 2.05) is 24.4 Å². The quantitative estimate of drug-likeness (QED) is 0.349. The molecule has 0 bridgehead atoms. The van der Waals surface area contributed by atoms with Gasteiger partial charge in [-0.2, -0.15) is 0 Å². The number of allylic oxidation sites excluding steroid dienone is 2. The number of rotatable bonds is 9. The van der Waals surface area contributed by atoms with Gasteiger partial charge in [0.15, 0.2) is 0 Å². The van der Waals surface area contributed by atoms with Crippen LogP contribution in [0.4, 0.5) is 23.0 Å². The van der Waals surface area contributed by atoms with Crippen LogP contribution in [0.15, 0.2) is 71.6 Å². The summed E-state index contributed by atoms with van der Waals surface area (Å²) in [6.45, 7) is 15.7. The van der Waals surface area contributed by atoms with Gasteiger partial charge in [-0.15, -0.1) is 0 Å². The first kappa shape index (κ1) is 34.3. The highest BCUT2D eigenvalue weighted by molar-refractivity contribution is 6.06. The molecule has 0 aromatic carbocycles. The van der Waals surface area contributed by atoms with Gasteiger partial charge in [0, 0.05) is 90.0 Å². The number of nitrogens with zero attached hydrogens (tertiary/aromatic N) is 7. The number of hydrogen-bond acceptors (Lipinski definition) is 10. The van der Waals surface area contributed by atoms with Gasteiger partial charge in [-0.25, -0.2) is 9.97 Å². The van der Waals surface area contributed by atoms with Crippen molar-refractivity contribution in [2.75, 3.05) is 81.2 Å². The minimum atomic E-state index is -0.332. The van der Waals surface area contributed by atoms with Gasteiger partial charge in [-0.05, 0) is 54.2 Å². The second-order valence-corrected chi connectivity index (χ2v) is 13.9. The summed E-state index contributed by atoms with van der Waals surface area (Å²) in [6.07, 6.45) is 8.91. The molecule has 1 amide bonds. The number of piperazine rings is 2. The fourth-order valence-electron chi connectivity index (χ4n) is 7.01. The molecule has 0 atom stereocenters. The van der Waals surface area contributed by atoms with E-state index in [1.54, 1.807) is 43.6 Å². The van der Waals surface area contributed by atoms with Gasteiger partial charge >= 0.3 is 0 Å². The highest BCUT2D eigenvalue weighted by atomic mass is 16.5. The molecule has 3 aliphatic rings. The first-order valence-corrected chi connectivity index (χ1v) is 17.0. The molecule has 0 unspecified atom stereocenters. The second-order valence-electron chi connectivity index (χ2n) is 13.9. The molecule has 3 aromatic heterocycles. The van der Waals surface area contributed by atoms with Gasteiger partial charge in [0.25, 0.3) is 11.5 Å². The number of amides is 1. The fraction of sp³-hybridized carbons (Fsp3) is 0.459. The summed E-state index contributed by atoms with van der Waals surface area (Å²) in [5.41, 5.74) is 4.73. The Labute approximate surface area is 288 Å². The monoisotopic (exact) mass is 668 g/mol. The summed E-state index contributed by atoms with van der Waals surface area (Å²) in [4.78, 5) is 44.9. The SMILES string of the molecule is C=C1/C=C2/C(=O)N(c3nccc(-c4cc(Nc5ccc(N6CCN(CCOC)CC6)cn5)c(=O)n(C)c4)c3CO)CCN2CCC(C)(C)C1. The van der Waals surface area contributed by atoms with Crippen LogP contribution in [0.2, 0.25) is 0 Å². The molecule has 0 saturated carbocycles. The highest BCUT2D eigenvalue weighted by Crippen LogP contribution is 2.36. The number of hydrogen-bond donors (Lipinski definition) is 2. The van der Waals surface area contributed by atoms with E-state index >= 15 is 0 Å². The third-order valence-electron chi connectivity index (χ3n) is 9.80. The number of methoxy groups -OCH3 is 1. The number of aliphatic hydroxyl groups excluding tert-OH is 1. The average molecular weight is 669 g/mol. The van der Waals surface area contributed by atoms with Crippen molar-refractivity contribution in [3.05, 3.63) is 82.7 Å². The molecular weight excluding hydrogens is 620 g/mol. The number of aromatic nitrogens is 3. The zero-order valence-electron chi connectivity index (χ0n) is 29.1. The van der Waals surface area contributed by atoms with Gasteiger partial charge in [0.05, 0.1) is 25.1 Å². The maximum absolute atomic E-state index is 14.0. The van der Waals surface area contributed by atoms with Crippen LogP contribution < -0.4 is 20.7 Å². The van der Waals surface area contributed by atoms with E-state index in [4.69, 9.17) is 4.74 Å². The van der Waals surface area contributed by atoms with E-state index in [2.05, 4.69) is 50.4 Å². The number of nitrogens with one attached hydrogen (secondary N) is 1. The molecule has 2 saturated heterocycles. The van der Waals surface area contributed by atoms with Crippen LogP contribution in [0.3, 0.4) is 0 Å². The smallest absolute Gasteiger partial charge is 0.275 e. The third-order valence-corrected chi connectivity index (χ3v) is 9.80. The zero-order chi connectivity index (χ0) is 34.7. The van der Waals surface area contributed by atoms with Gasteiger partial charge in [-0.3, -0.25) is 19.4 Å². The number of aryl methyl sites for hydroxylation is 1. The summed E-state index contributed by atoms with van der Waals surface area (Å²) in [5.74, 6) is 0.811. The molecule has 0 radical (unpaired) electrons. The van der Waals surface area contributed by atoms with Crippen LogP contribution in [0.5, 0.6) is 0 Å². The van der Waals surface area contributed by atoms with E-state index in [0.717, 1.165) is 70.0 Å². The molecule has 3 aromatic rings. The molecule has 0 spiro atoms. The summed E-state index contributed by atoms with van der Waals surface area (Å²) >= 11 is 0. The molecule has 0 aliphatic carbocycles. The molecule has 12 nitrogen and oxygen atoms in total. The molecule has 6 heterocycles. The first-order valence-electron chi connectivity index (χ1n) is 17.0. The minimum Gasteiger partial charge on any atom is -0.392 e. The zero-order valence-corrected chi connectivity index (χ0v) is 29.1. The fourth-order valence-corrected chi connectivity index (χ4v) is 7.01. The van der Waals surface area contributed by atoms with Gasteiger partial charge in [-0.1, -0.05) is 26.0 Å². The third kappa shape index (κ3) is 7.56. The first-order chi connectivity index (χ1) is 23.6. The van der Waals surface area contributed by atoms with Crippen LogP contribution in [-0.2, 0) is 23.2 Å². The number of anilines is 4. The topological polar surface area (TPSA) is 119 Å². The van der Waals surface area contributed by atoms with Crippen LogP contribution >= 0.6 is 0 Å². The molecular formula is C37H48N8O4. The van der Waals surface area contributed by atoms with E-state index in [1.165, 1.54) is 4.57 Å². The average Bonchev–Trinajstić information content (AvgIpc) is 3.09. The molecule has 2 N–H and O–H groups in total. The Morgan fingerprint density at radius 1 is 1.02 bits per heavy atom. The van der Waals surface area contributed by atoms with Crippen molar-refractivity contribution >= 4 is 28.9 Å². The maximum atomic E-state index is 14.0. The minimum absolute atomic E-state index is 0.114. The van der Waals surface area contributed by atoms with Crippen molar-refractivity contribution in [1.29, 1.82) is 0 Å². The lowest BCUT2D eigenvalue weighted by molar-refractivity contribution is -0.118. The summed E-state index contributed by atoms with van der Waals surface area (Å²) < 4.78 is 6.72. The lowest BCUT2D eigenvalue weighted by atomic mass is 9.81. The number of carbonyl (C=O) groups excluding carboxylic acids is 1. The Kier molecular flexibility index (Phi) is 10.2. The van der Waals surface area contributed by atoms with Crippen molar-refractivity contribution in [2.45, 2.75) is 33.3 Å². The predicted molar refractivity (Wildman–Crippen MR) is 193 cm³/mol. The Morgan fingerprint density at radius 3 is 2.51 bits per heavy atom. The van der Waals surface area contributed by atoms with Crippen molar-refractivity contribution in [2.24, 2.45) is 12.5 Å². The summed E-state index contributed by atoms with van der Waals surface area (Å²) in [6, 6.07) is 7.47. The number of carbonyl (C=O) groups is 1. The Bertz CT molecular complexity index is 1780. The Hall–Kier alpha value is -4.52. The molecule has 6 rings (SSSR count). The molecule has 49 heavy (non-hydrogen) atoms. The Balaban J connectivity index is 1.23. The normalized spacial score (nSPS) is 19.6. The maximum Gasteiger partial charge on any atom is 0.275 e. The highest BCUT2D eigenvalue weighted by Gasteiger charge is 2.35. The summed E-state index contributed by atoms with van der Waals surface area (Å²) in [7, 11) is 3.42. The number of ether oxygens (including phenoxy) is 1. The van der Waals surface area contributed by atoms with E-state index in [0.29, 0.717) is 52.8 Å². The second kappa shape index (κ2) is 14.5. The molecule has 260 valence electrons. The van der Waals surface area contributed by atoms with Crippen molar-refractivity contribution in [3.63, 3.8) is 0 Å². The number of pyridine rings is 3. The molecule has 2 fully saturated rings. The number of fused-ring (bicyclic) bond motifs is 1. The lowest BCUT2D eigenvalue weighted by Gasteiger charge is -2.41. The van der Waals surface area contributed by atoms with Crippen molar-refractivity contribution in [3.8, 4) is 11.1 Å². The Morgan fingerprint density at radius 2 is 1.80 bits per heavy atom. The van der Waals surface area contributed by atoms with Crippen LogP contribution in [0.25, 0.3) is 11.1 Å². The molecule has 12 heteroatoms. The van der Waals surface area contributed by atoms with Gasteiger partial charge in [0.1, 0.15) is 23.0 Å². The van der Waals surface area contributed by atoms with Crippen LogP contribution in [-0.4, -0.2) is 101 Å². The lowest BCUT2D eigenvalue weighted by Crippen LogP contribution is -2.50.